The molecule has 3 atom stereocenters. The first-order valence-corrected chi connectivity index (χ1v) is 9.62. The zero-order valence-corrected chi connectivity index (χ0v) is 15.1. The third-order valence-corrected chi connectivity index (χ3v) is 6.36. The molecule has 0 radical (unpaired) electrons. The van der Waals surface area contributed by atoms with Crippen LogP contribution in [0.25, 0.3) is 10.2 Å². The monoisotopic (exact) mass is 398 g/mol. The number of hydrogen-bond donors (Lipinski definition) is 1. The van der Waals surface area contributed by atoms with E-state index >= 15 is 0 Å². The van der Waals surface area contributed by atoms with Crippen LogP contribution in [0.4, 0.5) is 18.3 Å². The van der Waals surface area contributed by atoms with Crippen molar-refractivity contribution in [2.45, 2.75) is 32.1 Å². The minimum atomic E-state index is -1.61. The first kappa shape index (κ1) is 18.2. The average molecular weight is 398 g/mol. The fraction of sp³-hybridized carbons (Fsp3) is 0.500. The number of hydrogen-bond acceptors (Lipinski definition) is 5. The zero-order valence-electron chi connectivity index (χ0n) is 14.3. The predicted octanol–water partition coefficient (Wildman–Crippen LogP) is 4.02. The lowest BCUT2D eigenvalue weighted by molar-refractivity contribution is -0.148. The maximum atomic E-state index is 13.7. The first-order valence-electron chi connectivity index (χ1n) is 8.80. The summed E-state index contributed by atoms with van der Waals surface area (Å²) in [6, 6.07) is 0.816. The zero-order chi connectivity index (χ0) is 19.1. The molecule has 2 fully saturated rings. The molecular formula is C18H17F3N2O3S. The number of esters is 1. The van der Waals surface area contributed by atoms with Gasteiger partial charge in [-0.15, -0.1) is 0 Å². The van der Waals surface area contributed by atoms with Crippen LogP contribution in [-0.2, 0) is 14.3 Å². The van der Waals surface area contributed by atoms with Gasteiger partial charge >= 0.3 is 5.97 Å². The van der Waals surface area contributed by atoms with E-state index in [1.54, 1.807) is 0 Å². The molecule has 2 aliphatic carbocycles. The molecule has 0 aliphatic heterocycles. The van der Waals surface area contributed by atoms with Crippen molar-refractivity contribution in [1.82, 2.24) is 4.98 Å². The number of thiazole rings is 1. The van der Waals surface area contributed by atoms with E-state index in [9.17, 15) is 22.8 Å². The number of fused-ring (bicyclic) bond motifs is 3. The van der Waals surface area contributed by atoms with Gasteiger partial charge in [-0.3, -0.25) is 14.9 Å². The molecule has 1 aromatic carbocycles. The minimum Gasteiger partial charge on any atom is -0.456 e. The summed E-state index contributed by atoms with van der Waals surface area (Å²) in [5.74, 6) is -3.73. The highest BCUT2D eigenvalue weighted by Crippen LogP contribution is 2.49. The lowest BCUT2D eigenvalue weighted by Crippen LogP contribution is -2.23. The molecule has 1 amide bonds. The van der Waals surface area contributed by atoms with Gasteiger partial charge in [-0.25, -0.2) is 18.2 Å². The van der Waals surface area contributed by atoms with Crippen molar-refractivity contribution in [3.05, 3.63) is 23.5 Å². The van der Waals surface area contributed by atoms with Gasteiger partial charge in [0, 0.05) is 6.42 Å². The van der Waals surface area contributed by atoms with E-state index in [1.807, 2.05) is 0 Å². The van der Waals surface area contributed by atoms with Crippen LogP contribution < -0.4 is 5.32 Å². The van der Waals surface area contributed by atoms with Crippen LogP contribution in [0.1, 0.15) is 32.1 Å². The molecule has 1 heterocycles. The Balaban J connectivity index is 1.31. The van der Waals surface area contributed by atoms with Crippen molar-refractivity contribution >= 4 is 38.6 Å². The van der Waals surface area contributed by atoms with Crippen molar-refractivity contribution in [2.24, 2.45) is 17.8 Å². The van der Waals surface area contributed by atoms with E-state index in [0.29, 0.717) is 18.3 Å². The Morgan fingerprint density at radius 2 is 2.04 bits per heavy atom. The van der Waals surface area contributed by atoms with E-state index < -0.39 is 35.9 Å². The molecular weight excluding hydrogens is 381 g/mol. The number of rotatable bonds is 5. The Morgan fingerprint density at radius 1 is 1.22 bits per heavy atom. The summed E-state index contributed by atoms with van der Waals surface area (Å²) in [6.07, 6.45) is 4.97. The number of nitrogens with zero attached hydrogens (tertiary/aromatic N) is 1. The van der Waals surface area contributed by atoms with Crippen LogP contribution in [0, 0.1) is 35.2 Å². The van der Waals surface area contributed by atoms with Gasteiger partial charge in [0.1, 0.15) is 5.52 Å². The predicted molar refractivity (Wildman–Crippen MR) is 92.6 cm³/mol. The smallest absolute Gasteiger partial charge is 0.306 e. The van der Waals surface area contributed by atoms with Crippen molar-refractivity contribution in [1.29, 1.82) is 0 Å². The van der Waals surface area contributed by atoms with Gasteiger partial charge < -0.3 is 4.74 Å². The molecule has 5 nitrogen and oxygen atoms in total. The molecule has 0 saturated heterocycles. The summed E-state index contributed by atoms with van der Waals surface area (Å²) in [7, 11) is 0. The summed E-state index contributed by atoms with van der Waals surface area (Å²) in [5.41, 5.74) is -0.359. The van der Waals surface area contributed by atoms with Crippen LogP contribution in [0.2, 0.25) is 0 Å². The average Bonchev–Trinajstić information content (AvgIpc) is 3.33. The molecule has 0 unspecified atom stereocenters. The van der Waals surface area contributed by atoms with Gasteiger partial charge in [-0.1, -0.05) is 17.8 Å². The van der Waals surface area contributed by atoms with E-state index in [4.69, 9.17) is 4.74 Å². The van der Waals surface area contributed by atoms with Crippen LogP contribution in [-0.4, -0.2) is 23.5 Å². The van der Waals surface area contributed by atoms with Crippen molar-refractivity contribution in [3.63, 3.8) is 0 Å². The second-order valence-corrected chi connectivity index (χ2v) is 8.23. The number of amides is 1. The van der Waals surface area contributed by atoms with Crippen LogP contribution in [0.3, 0.4) is 0 Å². The van der Waals surface area contributed by atoms with Gasteiger partial charge in [0.05, 0.1) is 4.70 Å². The molecule has 144 valence electrons. The van der Waals surface area contributed by atoms with Gasteiger partial charge in [0.25, 0.3) is 5.91 Å². The first-order chi connectivity index (χ1) is 12.9. The molecule has 1 aromatic heterocycles. The summed E-state index contributed by atoms with van der Waals surface area (Å²) in [5, 5.41) is 2.33. The number of benzene rings is 1. The maximum Gasteiger partial charge on any atom is 0.306 e. The van der Waals surface area contributed by atoms with Gasteiger partial charge in [0.15, 0.2) is 29.2 Å². The Kier molecular flexibility index (Phi) is 4.79. The molecule has 2 aliphatic rings. The Bertz CT molecular complexity index is 917. The summed E-state index contributed by atoms with van der Waals surface area (Å²) < 4.78 is 45.2. The Morgan fingerprint density at radius 3 is 2.74 bits per heavy atom. The van der Waals surface area contributed by atoms with Crippen molar-refractivity contribution in [2.75, 3.05) is 11.9 Å². The Hall–Kier alpha value is -2.16. The van der Waals surface area contributed by atoms with E-state index in [2.05, 4.69) is 10.3 Å². The largest absolute Gasteiger partial charge is 0.456 e. The third-order valence-electron chi connectivity index (χ3n) is 5.45. The minimum absolute atomic E-state index is 0.0250. The van der Waals surface area contributed by atoms with Crippen molar-refractivity contribution in [3.8, 4) is 0 Å². The van der Waals surface area contributed by atoms with Gasteiger partial charge in [-0.2, -0.15) is 0 Å². The summed E-state index contributed by atoms with van der Waals surface area (Å²) in [6.45, 7) is -0.485. The third kappa shape index (κ3) is 3.65. The fourth-order valence-corrected chi connectivity index (χ4v) is 5.13. The topological polar surface area (TPSA) is 68.3 Å². The number of anilines is 1. The molecule has 4 rings (SSSR count). The summed E-state index contributed by atoms with van der Waals surface area (Å²) in [4.78, 5) is 27.6. The van der Waals surface area contributed by atoms with Gasteiger partial charge in [-0.05, 0) is 43.1 Å². The van der Waals surface area contributed by atoms with Crippen LogP contribution in [0.5, 0.6) is 0 Å². The number of ether oxygens (including phenoxy) is 1. The second-order valence-electron chi connectivity index (χ2n) is 7.20. The number of halogens is 3. The summed E-state index contributed by atoms with van der Waals surface area (Å²) >= 11 is 0.801. The molecule has 27 heavy (non-hydrogen) atoms. The second kappa shape index (κ2) is 7.10. The number of carbonyl (C=O) groups excluding carboxylic acids is 2. The SMILES string of the molecule is O=C(COC(=O)C[C@@H]1C[C@H]2CC[C@@H]1C2)Nc1nc2c(F)c(F)c(F)cc2s1. The highest BCUT2D eigenvalue weighted by molar-refractivity contribution is 7.22. The normalized spacial score (nSPS) is 23.7. The van der Waals surface area contributed by atoms with Crippen molar-refractivity contribution < 1.29 is 27.5 Å². The highest BCUT2D eigenvalue weighted by Gasteiger charge is 2.40. The van der Waals surface area contributed by atoms with E-state index in [1.165, 1.54) is 19.3 Å². The van der Waals surface area contributed by atoms with E-state index in [-0.39, 0.29) is 15.3 Å². The van der Waals surface area contributed by atoms with Gasteiger partial charge in [0.2, 0.25) is 0 Å². The van der Waals surface area contributed by atoms with Crippen LogP contribution >= 0.6 is 11.3 Å². The highest BCUT2D eigenvalue weighted by atomic mass is 32.1. The molecule has 2 saturated carbocycles. The molecule has 0 spiro atoms. The molecule has 1 N–H and O–H groups in total. The van der Waals surface area contributed by atoms with E-state index in [0.717, 1.165) is 29.7 Å². The quantitative estimate of drug-likeness (QED) is 0.610. The molecule has 2 bridgehead atoms. The number of carbonyl (C=O) groups is 2. The molecule has 2 aromatic rings. The van der Waals surface area contributed by atoms with Crippen LogP contribution in [0.15, 0.2) is 6.07 Å². The number of aromatic nitrogens is 1. The standard InChI is InChI=1S/C18H17F3N2O3S/c19-11-6-12-17(16(21)15(11)20)23-18(27-12)22-13(24)7-26-14(25)5-10-4-8-1-2-9(10)3-8/h6,8-10H,1-5,7H2,(H,22,23,24)/t8-,9+,10-/m0/s1. The maximum absolute atomic E-state index is 13.7. The number of nitrogens with one attached hydrogen (secondary N) is 1. The Labute approximate surface area is 156 Å². The molecule has 9 heteroatoms. The lowest BCUT2D eigenvalue weighted by Gasteiger charge is -2.20. The lowest BCUT2D eigenvalue weighted by atomic mass is 9.86. The fourth-order valence-electron chi connectivity index (χ4n) is 4.23.